The number of ether oxygens (including phenoxy) is 1. The molecule has 3 aromatic rings. The smallest absolute Gasteiger partial charge is 0.381 e. The molecule has 1 aliphatic heterocycles. The number of alkyl halides is 3. The molecule has 0 aliphatic carbocycles. The summed E-state index contributed by atoms with van der Waals surface area (Å²) in [6.07, 6.45) is -1.98. The van der Waals surface area contributed by atoms with Crippen LogP contribution in [0.3, 0.4) is 0 Å². The van der Waals surface area contributed by atoms with Crippen LogP contribution in [0.15, 0.2) is 53.4 Å². The zero-order valence-electron chi connectivity index (χ0n) is 18.7. The van der Waals surface area contributed by atoms with E-state index in [-0.39, 0.29) is 5.92 Å². The maximum Gasteiger partial charge on any atom is 0.449 e. The molecule has 0 N–H and O–H groups in total. The van der Waals surface area contributed by atoms with Gasteiger partial charge in [0, 0.05) is 37.4 Å². The highest BCUT2D eigenvalue weighted by atomic mass is 32.2. The van der Waals surface area contributed by atoms with E-state index in [0.29, 0.717) is 30.8 Å². The van der Waals surface area contributed by atoms with Crippen molar-refractivity contribution in [2.45, 2.75) is 50.7 Å². The van der Waals surface area contributed by atoms with Crippen molar-refractivity contribution < 1.29 is 17.9 Å². The molecule has 4 nitrogen and oxygen atoms in total. The van der Waals surface area contributed by atoms with E-state index in [2.05, 4.69) is 4.98 Å². The van der Waals surface area contributed by atoms with Gasteiger partial charge in [-0.15, -0.1) is 0 Å². The number of imidazole rings is 1. The third kappa shape index (κ3) is 5.98. The van der Waals surface area contributed by atoms with Crippen molar-refractivity contribution in [3.05, 3.63) is 54.4 Å². The predicted octanol–water partition coefficient (Wildman–Crippen LogP) is 7.04. The quantitative estimate of drug-likeness (QED) is 0.378. The Morgan fingerprint density at radius 1 is 1.09 bits per heavy atom. The van der Waals surface area contributed by atoms with Gasteiger partial charge in [0.2, 0.25) is 5.82 Å². The summed E-state index contributed by atoms with van der Waals surface area (Å²) in [4.78, 5) is 5.05. The van der Waals surface area contributed by atoms with Crippen LogP contribution in [0.2, 0.25) is 0 Å². The number of hydrogen-bond acceptors (Lipinski definition) is 4. The number of halogens is 3. The van der Waals surface area contributed by atoms with Crippen molar-refractivity contribution in [3.63, 3.8) is 0 Å². The minimum absolute atomic E-state index is 0.155. The number of nitrogens with zero attached hydrogens (tertiary/aromatic N) is 3. The number of fused-ring (bicyclic) bond motifs is 1. The van der Waals surface area contributed by atoms with E-state index >= 15 is 0 Å². The zero-order chi connectivity index (χ0) is 23.1. The summed E-state index contributed by atoms with van der Waals surface area (Å²) < 4.78 is 50.0. The van der Waals surface area contributed by atoms with Crippen molar-refractivity contribution in [1.82, 2.24) is 9.55 Å². The van der Waals surface area contributed by atoms with E-state index in [9.17, 15) is 13.2 Å². The molecule has 1 saturated heterocycles. The maximum atomic E-state index is 13.7. The van der Waals surface area contributed by atoms with E-state index in [1.807, 2.05) is 61.6 Å². The Hall–Kier alpha value is -2.19. The van der Waals surface area contributed by atoms with Crippen molar-refractivity contribution in [2.24, 2.45) is 5.92 Å². The van der Waals surface area contributed by atoms with Crippen LogP contribution >= 0.6 is 11.9 Å². The number of anilines is 1. The van der Waals surface area contributed by atoms with E-state index in [0.717, 1.165) is 29.8 Å². The first-order valence-corrected chi connectivity index (χ1v) is 11.8. The average molecular weight is 466 g/mol. The molecule has 0 amide bonds. The zero-order valence-corrected chi connectivity index (χ0v) is 19.5. The molecule has 32 heavy (non-hydrogen) atoms. The van der Waals surface area contributed by atoms with Gasteiger partial charge in [-0.05, 0) is 67.5 Å². The predicted molar refractivity (Wildman–Crippen MR) is 125 cm³/mol. The summed E-state index contributed by atoms with van der Waals surface area (Å²) in [5.41, 5.74) is 1.69. The van der Waals surface area contributed by atoms with Gasteiger partial charge < -0.3 is 13.6 Å². The second-order valence-corrected chi connectivity index (χ2v) is 8.73. The standard InChI is InChI=1S/C22H24F3N3OS.C2H6/c1-27(30-18-7-3-2-4-8-18)17-9-10-20-19(14-17)26-21(22(23,24)25)28(20)15-16-6-5-12-29-13-11-16;1-2/h2-4,7-10,14,16H,5-6,11-13,15H2,1H3;1-2H3. The lowest BCUT2D eigenvalue weighted by atomic mass is 10.0. The summed E-state index contributed by atoms with van der Waals surface area (Å²) in [7, 11) is 1.89. The van der Waals surface area contributed by atoms with E-state index in [1.165, 1.54) is 16.5 Å². The van der Waals surface area contributed by atoms with Gasteiger partial charge in [-0.2, -0.15) is 13.2 Å². The Kier molecular flexibility index (Phi) is 8.48. The maximum absolute atomic E-state index is 13.7. The van der Waals surface area contributed by atoms with Gasteiger partial charge in [0.1, 0.15) is 0 Å². The minimum Gasteiger partial charge on any atom is -0.381 e. The van der Waals surface area contributed by atoms with Crippen molar-refractivity contribution in [3.8, 4) is 0 Å². The van der Waals surface area contributed by atoms with Crippen LogP contribution in [0, 0.1) is 5.92 Å². The Bertz CT molecular complexity index is 983. The first kappa shape index (κ1) is 24.5. The van der Waals surface area contributed by atoms with Crippen molar-refractivity contribution >= 4 is 28.7 Å². The van der Waals surface area contributed by atoms with Crippen molar-refractivity contribution in [2.75, 3.05) is 24.6 Å². The van der Waals surface area contributed by atoms with Gasteiger partial charge in [0.25, 0.3) is 0 Å². The molecule has 8 heteroatoms. The molecule has 2 heterocycles. The summed E-state index contributed by atoms with van der Waals surface area (Å²) in [5, 5.41) is 0. The fourth-order valence-corrected chi connectivity index (χ4v) is 4.63. The largest absolute Gasteiger partial charge is 0.449 e. The highest BCUT2D eigenvalue weighted by Gasteiger charge is 2.38. The lowest BCUT2D eigenvalue weighted by Crippen LogP contribution is -2.19. The van der Waals surface area contributed by atoms with E-state index in [4.69, 9.17) is 4.74 Å². The van der Waals surface area contributed by atoms with E-state index < -0.39 is 12.0 Å². The van der Waals surface area contributed by atoms with Gasteiger partial charge >= 0.3 is 6.18 Å². The molecule has 1 atom stereocenters. The molecule has 4 rings (SSSR count). The topological polar surface area (TPSA) is 30.3 Å². The summed E-state index contributed by atoms with van der Waals surface area (Å²) >= 11 is 1.52. The third-order valence-corrected chi connectivity index (χ3v) is 6.31. The number of aromatic nitrogens is 2. The molecular weight excluding hydrogens is 435 g/mol. The molecule has 0 bridgehead atoms. The first-order valence-electron chi connectivity index (χ1n) is 11.0. The Labute approximate surface area is 191 Å². The van der Waals surface area contributed by atoms with Crippen LogP contribution in [-0.4, -0.2) is 29.8 Å². The third-order valence-electron chi connectivity index (χ3n) is 5.35. The normalized spacial score (nSPS) is 16.9. The molecular formula is C24H30F3N3OS. The van der Waals surface area contributed by atoms with Gasteiger partial charge in [-0.25, -0.2) is 4.98 Å². The van der Waals surface area contributed by atoms with Crippen LogP contribution in [-0.2, 0) is 17.5 Å². The van der Waals surface area contributed by atoms with Crippen molar-refractivity contribution in [1.29, 1.82) is 0 Å². The van der Waals surface area contributed by atoms with Crippen LogP contribution in [0.4, 0.5) is 18.9 Å². The molecule has 174 valence electrons. The number of benzene rings is 2. The molecule has 2 aromatic carbocycles. The van der Waals surface area contributed by atoms with Crippen LogP contribution in [0.5, 0.6) is 0 Å². The summed E-state index contributed by atoms with van der Waals surface area (Å²) in [6.45, 7) is 5.59. The molecule has 0 spiro atoms. The van der Waals surface area contributed by atoms with Crippen LogP contribution in [0.1, 0.15) is 38.9 Å². The van der Waals surface area contributed by atoms with Gasteiger partial charge in [-0.3, -0.25) is 0 Å². The molecule has 1 fully saturated rings. The lowest BCUT2D eigenvalue weighted by molar-refractivity contribution is -0.147. The van der Waals surface area contributed by atoms with Crippen LogP contribution < -0.4 is 4.31 Å². The Morgan fingerprint density at radius 2 is 1.84 bits per heavy atom. The second kappa shape index (κ2) is 11.1. The molecule has 1 aromatic heterocycles. The van der Waals surface area contributed by atoms with E-state index in [1.54, 1.807) is 12.1 Å². The Morgan fingerprint density at radius 3 is 2.56 bits per heavy atom. The van der Waals surface area contributed by atoms with Crippen LogP contribution in [0.25, 0.3) is 11.0 Å². The lowest BCUT2D eigenvalue weighted by Gasteiger charge is -2.19. The first-order chi connectivity index (χ1) is 15.4. The minimum atomic E-state index is -4.49. The monoisotopic (exact) mass is 465 g/mol. The van der Waals surface area contributed by atoms with Gasteiger partial charge in [-0.1, -0.05) is 32.0 Å². The average Bonchev–Trinajstić information content (AvgIpc) is 2.96. The Balaban J connectivity index is 0.00000141. The highest BCUT2D eigenvalue weighted by Crippen LogP contribution is 2.35. The molecule has 0 saturated carbocycles. The summed E-state index contributed by atoms with van der Waals surface area (Å²) in [6, 6.07) is 15.2. The highest BCUT2D eigenvalue weighted by molar-refractivity contribution is 8.00. The molecule has 0 radical (unpaired) electrons. The van der Waals surface area contributed by atoms with Gasteiger partial charge in [0.05, 0.1) is 11.0 Å². The molecule has 1 aliphatic rings. The second-order valence-electron chi connectivity index (χ2n) is 7.53. The fourth-order valence-electron chi connectivity index (χ4n) is 3.82. The number of rotatable bonds is 5. The molecule has 1 unspecified atom stereocenters. The SMILES string of the molecule is CC.CN(Sc1ccccc1)c1ccc2c(c1)nc(C(F)(F)F)n2CC1CCCOCC1. The summed E-state index contributed by atoms with van der Waals surface area (Å²) in [5.74, 6) is -0.667. The fraction of sp³-hybridized carbons (Fsp3) is 0.458. The van der Waals surface area contributed by atoms with Gasteiger partial charge in [0.15, 0.2) is 0 Å². The number of hydrogen-bond donors (Lipinski definition) is 0.